The molecule has 0 saturated carbocycles. The van der Waals surface area contributed by atoms with Crippen LogP contribution in [0, 0.1) is 5.82 Å². The molecule has 0 amide bonds. The van der Waals surface area contributed by atoms with Gasteiger partial charge in [-0.3, -0.25) is 10.7 Å². The van der Waals surface area contributed by atoms with Gasteiger partial charge in [0, 0.05) is 36.1 Å². The molecule has 0 saturated heterocycles. The lowest BCUT2D eigenvalue weighted by molar-refractivity contribution is 0.309. The van der Waals surface area contributed by atoms with Gasteiger partial charge in [-0.05, 0) is 43.2 Å². The zero-order chi connectivity index (χ0) is 24.6. The van der Waals surface area contributed by atoms with E-state index in [-0.39, 0.29) is 11.9 Å². The molecule has 5 rings (SSSR count). The molecule has 5 N–H and O–H groups in total. The van der Waals surface area contributed by atoms with Crippen molar-refractivity contribution in [3.05, 3.63) is 88.4 Å². The fourth-order valence-corrected chi connectivity index (χ4v) is 4.74. The van der Waals surface area contributed by atoms with E-state index in [2.05, 4.69) is 20.9 Å². The van der Waals surface area contributed by atoms with E-state index in [1.165, 1.54) is 12.1 Å². The number of nitrogens with zero attached hydrogens (tertiary/aromatic N) is 3. The third-order valence-corrected chi connectivity index (χ3v) is 6.45. The topological polar surface area (TPSA) is 102 Å². The summed E-state index contributed by atoms with van der Waals surface area (Å²) in [7, 11) is 1.60. The van der Waals surface area contributed by atoms with Crippen molar-refractivity contribution in [2.45, 2.75) is 25.2 Å². The van der Waals surface area contributed by atoms with Crippen LogP contribution in [0.3, 0.4) is 0 Å². The van der Waals surface area contributed by atoms with Gasteiger partial charge in [0.2, 0.25) is 0 Å². The maximum absolute atomic E-state index is 13.6. The molecule has 2 atom stereocenters. The number of nitrogens with one attached hydrogen (secondary N) is 3. The number of aliphatic imine (C=N–C) groups is 1. The number of ether oxygens (including phenoxy) is 1. The molecule has 0 aliphatic carbocycles. The van der Waals surface area contributed by atoms with Crippen LogP contribution in [0.2, 0.25) is 5.15 Å². The second kappa shape index (κ2) is 9.33. The number of hydrogen-bond acceptors (Lipinski definition) is 6. The number of benzene rings is 2. The van der Waals surface area contributed by atoms with Crippen LogP contribution in [-0.2, 0) is 5.79 Å². The first-order valence-electron chi connectivity index (χ1n) is 11.4. The van der Waals surface area contributed by atoms with Gasteiger partial charge in [0.15, 0.2) is 5.79 Å². The Kier molecular flexibility index (Phi) is 6.22. The third kappa shape index (κ3) is 4.38. The van der Waals surface area contributed by atoms with Crippen molar-refractivity contribution in [2.24, 2.45) is 10.7 Å². The van der Waals surface area contributed by atoms with Crippen LogP contribution in [-0.4, -0.2) is 35.6 Å². The van der Waals surface area contributed by atoms with Gasteiger partial charge in [-0.25, -0.2) is 9.37 Å². The summed E-state index contributed by atoms with van der Waals surface area (Å²) in [5, 5.41) is 10.9. The summed E-state index contributed by atoms with van der Waals surface area (Å²) in [6.45, 7) is 3.36. The van der Waals surface area contributed by atoms with Gasteiger partial charge in [0.25, 0.3) is 0 Å². The lowest BCUT2D eigenvalue weighted by Crippen LogP contribution is -2.67. The van der Waals surface area contributed by atoms with E-state index in [9.17, 15) is 4.39 Å². The molecule has 2 aliphatic rings. The maximum atomic E-state index is 13.6. The molecule has 1 aromatic heterocycles. The van der Waals surface area contributed by atoms with Crippen molar-refractivity contribution in [2.75, 3.05) is 20.2 Å². The average molecular weight is 496 g/mol. The van der Waals surface area contributed by atoms with E-state index in [4.69, 9.17) is 27.1 Å². The van der Waals surface area contributed by atoms with Crippen molar-refractivity contribution in [3.8, 4) is 11.4 Å². The minimum absolute atomic E-state index is 0.180. The van der Waals surface area contributed by atoms with E-state index in [1.54, 1.807) is 36.3 Å². The zero-order valence-electron chi connectivity index (χ0n) is 19.5. The predicted molar refractivity (Wildman–Crippen MR) is 134 cm³/mol. The molecule has 0 fully saturated rings. The Bertz CT molecular complexity index is 1300. The lowest BCUT2D eigenvalue weighted by atomic mass is 9.90. The van der Waals surface area contributed by atoms with Crippen molar-refractivity contribution in [1.82, 2.24) is 25.5 Å². The van der Waals surface area contributed by atoms with Crippen molar-refractivity contribution in [1.29, 1.82) is 0 Å². The smallest absolute Gasteiger partial charge is 0.190 e. The van der Waals surface area contributed by atoms with E-state index in [0.29, 0.717) is 17.4 Å². The zero-order valence-corrected chi connectivity index (χ0v) is 20.2. The molecule has 2 aromatic carbocycles. The Morgan fingerprint density at radius 1 is 1.26 bits per heavy atom. The third-order valence-electron chi connectivity index (χ3n) is 6.25. The highest BCUT2D eigenvalue weighted by Crippen LogP contribution is 2.35. The molecule has 0 spiro atoms. The summed E-state index contributed by atoms with van der Waals surface area (Å²) in [6.07, 6.45) is 4.11. The van der Waals surface area contributed by atoms with Gasteiger partial charge in [-0.15, -0.1) is 0 Å². The number of rotatable bonds is 5. The minimum Gasteiger partial charge on any atom is -0.495 e. The number of halogens is 2. The lowest BCUT2D eigenvalue weighted by Gasteiger charge is -2.44. The summed E-state index contributed by atoms with van der Waals surface area (Å²) in [4.78, 5) is 8.81. The molecule has 8 nitrogen and oxygen atoms in total. The van der Waals surface area contributed by atoms with Crippen molar-refractivity contribution >= 4 is 17.4 Å². The monoisotopic (exact) mass is 495 g/mol. The quantitative estimate of drug-likeness (QED) is 0.433. The van der Waals surface area contributed by atoms with Gasteiger partial charge in [0.1, 0.15) is 28.9 Å². The van der Waals surface area contributed by atoms with Crippen LogP contribution in [0.5, 0.6) is 5.75 Å². The average Bonchev–Trinajstić information content (AvgIpc) is 3.30. The summed E-state index contributed by atoms with van der Waals surface area (Å²) in [5.41, 5.74) is 11.4. The Morgan fingerprint density at radius 3 is 2.74 bits per heavy atom. The fraction of sp³-hybridized carbons (Fsp3) is 0.280. The Balaban J connectivity index is 1.57. The fourth-order valence-electron chi connectivity index (χ4n) is 4.60. The molecule has 0 radical (unpaired) electrons. The summed E-state index contributed by atoms with van der Waals surface area (Å²) < 4.78 is 21.1. The number of aromatic nitrogens is 2. The minimum atomic E-state index is -1.16. The Morgan fingerprint density at radius 2 is 2.06 bits per heavy atom. The molecule has 2 unspecified atom stereocenters. The van der Waals surface area contributed by atoms with Crippen LogP contribution in [0.25, 0.3) is 5.69 Å². The van der Waals surface area contributed by atoms with Crippen LogP contribution in [0.4, 0.5) is 4.39 Å². The molecular formula is C25H27ClFN7O. The highest BCUT2D eigenvalue weighted by Gasteiger charge is 2.40. The van der Waals surface area contributed by atoms with Gasteiger partial charge >= 0.3 is 0 Å². The predicted octanol–water partition coefficient (Wildman–Crippen LogP) is 3.34. The van der Waals surface area contributed by atoms with Crippen LogP contribution in [0.15, 0.2) is 71.3 Å². The molecule has 2 aliphatic heterocycles. The molecule has 3 aromatic rings. The van der Waals surface area contributed by atoms with Crippen LogP contribution < -0.4 is 26.4 Å². The number of amidine groups is 1. The van der Waals surface area contributed by atoms with Gasteiger partial charge in [-0.1, -0.05) is 29.8 Å². The Hall–Kier alpha value is -3.40. The molecular weight excluding hydrogens is 469 g/mol. The summed E-state index contributed by atoms with van der Waals surface area (Å²) in [5.74, 6) is -0.0788. The standard InChI is InChI=1S/C25H27ClFN7O/c1-3-29-24-18-10-11-30-22(15-4-7-17(27)8-5-15)23(18)32-25(28,33-24)16-6-9-19(20(12-16)35-2)34-13-21(26)31-14-34/h4-9,12-14,22,30,32H,3,10-11,28H2,1-2H3,(H,29,33). The SMILES string of the molecule is CCN=C1NC(N)(c2ccc(-n3cnc(Cl)c3)c(OC)c2)NC2=C1CCNC2c1ccc(F)cc1. The normalized spacial score (nSPS) is 23.0. The molecule has 3 heterocycles. The number of nitrogens with two attached hydrogens (primary N) is 1. The highest BCUT2D eigenvalue weighted by atomic mass is 35.5. The summed E-state index contributed by atoms with van der Waals surface area (Å²) in [6, 6.07) is 12.0. The van der Waals surface area contributed by atoms with Gasteiger partial charge < -0.3 is 25.3 Å². The van der Waals surface area contributed by atoms with Crippen molar-refractivity contribution in [3.63, 3.8) is 0 Å². The van der Waals surface area contributed by atoms with E-state index in [0.717, 1.165) is 46.9 Å². The van der Waals surface area contributed by atoms with E-state index >= 15 is 0 Å². The highest BCUT2D eigenvalue weighted by molar-refractivity contribution is 6.29. The molecule has 182 valence electrons. The largest absolute Gasteiger partial charge is 0.495 e. The van der Waals surface area contributed by atoms with Gasteiger partial charge in [-0.2, -0.15) is 0 Å². The first kappa shape index (κ1) is 23.3. The maximum Gasteiger partial charge on any atom is 0.190 e. The van der Waals surface area contributed by atoms with Crippen LogP contribution >= 0.6 is 11.6 Å². The summed E-state index contributed by atoms with van der Waals surface area (Å²) >= 11 is 6.01. The second-order valence-corrected chi connectivity index (χ2v) is 8.84. The first-order chi connectivity index (χ1) is 16.9. The Labute approximate surface area is 208 Å². The first-order valence-corrected chi connectivity index (χ1v) is 11.8. The van der Waals surface area contributed by atoms with Crippen molar-refractivity contribution < 1.29 is 9.13 Å². The van der Waals surface area contributed by atoms with E-state index < -0.39 is 5.79 Å². The number of hydrogen-bond donors (Lipinski definition) is 4. The molecule has 35 heavy (non-hydrogen) atoms. The molecule has 10 heteroatoms. The number of imidazole rings is 1. The molecule has 0 bridgehead atoms. The second-order valence-electron chi connectivity index (χ2n) is 8.45. The van der Waals surface area contributed by atoms with E-state index in [1.807, 2.05) is 25.1 Å². The van der Waals surface area contributed by atoms with Gasteiger partial charge in [0.05, 0.1) is 18.8 Å². The van der Waals surface area contributed by atoms with Crippen LogP contribution in [0.1, 0.15) is 30.5 Å². The number of methoxy groups -OCH3 is 1.